The Hall–Kier alpha value is -2.24. The number of hydrogen-bond acceptors (Lipinski definition) is 3. The lowest BCUT2D eigenvalue weighted by atomic mass is 10.1. The van der Waals surface area contributed by atoms with E-state index in [-0.39, 0.29) is 18.4 Å². The molecule has 0 saturated carbocycles. The second kappa shape index (κ2) is 10.9. The molecule has 2 amide bonds. The Bertz CT molecular complexity index is 804. The molecule has 2 aromatic rings. The van der Waals surface area contributed by atoms with Crippen molar-refractivity contribution in [1.82, 2.24) is 4.90 Å². The zero-order valence-corrected chi connectivity index (χ0v) is 17.6. The summed E-state index contributed by atoms with van der Waals surface area (Å²) in [6.07, 6.45) is 1.84. The minimum Gasteiger partial charge on any atom is -0.375 e. The summed E-state index contributed by atoms with van der Waals surface area (Å²) in [5.41, 5.74) is 1.83. The predicted octanol–water partition coefficient (Wildman–Crippen LogP) is 5.31. The van der Waals surface area contributed by atoms with Crippen LogP contribution in [0.15, 0.2) is 42.5 Å². The fraction of sp³-hybridized carbons (Fsp3) is 0.333. The molecule has 0 spiro atoms. The monoisotopic (exact) mass is 421 g/mol. The van der Waals surface area contributed by atoms with Crippen LogP contribution >= 0.6 is 23.2 Å². The first-order valence-corrected chi connectivity index (χ1v) is 10.1. The fourth-order valence-corrected chi connectivity index (χ4v) is 3.12. The molecular formula is C21H25Cl2N3O2. The lowest BCUT2D eigenvalue weighted by Crippen LogP contribution is -2.32. The first-order chi connectivity index (χ1) is 13.5. The van der Waals surface area contributed by atoms with E-state index in [4.69, 9.17) is 23.2 Å². The van der Waals surface area contributed by atoms with Crippen LogP contribution in [0, 0.1) is 0 Å². The Kier molecular flexibility index (Phi) is 8.61. The summed E-state index contributed by atoms with van der Waals surface area (Å²) >= 11 is 12.0. The van der Waals surface area contributed by atoms with Crippen LogP contribution in [-0.4, -0.2) is 36.3 Å². The molecule has 7 heteroatoms. The van der Waals surface area contributed by atoms with Gasteiger partial charge in [-0.1, -0.05) is 43.1 Å². The van der Waals surface area contributed by atoms with Crippen LogP contribution in [0.5, 0.6) is 0 Å². The highest BCUT2D eigenvalue weighted by Crippen LogP contribution is 2.29. The number of halogens is 2. The smallest absolute Gasteiger partial charge is 0.253 e. The van der Waals surface area contributed by atoms with Gasteiger partial charge in [0.1, 0.15) is 0 Å². The zero-order valence-electron chi connectivity index (χ0n) is 16.1. The number of nitrogens with one attached hydrogen (secondary N) is 2. The van der Waals surface area contributed by atoms with E-state index >= 15 is 0 Å². The molecule has 0 aliphatic rings. The summed E-state index contributed by atoms with van der Waals surface area (Å²) in [6.45, 7) is 5.63. The highest BCUT2D eigenvalue weighted by atomic mass is 35.5. The van der Waals surface area contributed by atoms with Gasteiger partial charge in [0.25, 0.3) is 5.91 Å². The van der Waals surface area contributed by atoms with Crippen molar-refractivity contribution in [3.05, 3.63) is 58.1 Å². The van der Waals surface area contributed by atoms with Gasteiger partial charge in [0.15, 0.2) is 0 Å². The van der Waals surface area contributed by atoms with Crippen molar-refractivity contribution in [2.45, 2.75) is 26.7 Å². The van der Waals surface area contributed by atoms with E-state index in [1.165, 1.54) is 0 Å². The standard InChI is InChI=1S/C21H25Cl2N3O2/c1-3-12-26(13-4-2)21(28)15-8-10-16(11-9-15)25-19(27)14-24-18-7-5-6-17(22)20(18)23/h5-11,24H,3-4,12-14H2,1-2H3,(H,25,27). The minimum absolute atomic E-state index is 0.0128. The fourth-order valence-electron chi connectivity index (χ4n) is 2.75. The number of rotatable bonds is 9. The van der Waals surface area contributed by atoms with Crippen LogP contribution in [0.25, 0.3) is 0 Å². The highest BCUT2D eigenvalue weighted by Gasteiger charge is 2.14. The van der Waals surface area contributed by atoms with E-state index in [2.05, 4.69) is 24.5 Å². The predicted molar refractivity (Wildman–Crippen MR) is 117 cm³/mol. The van der Waals surface area contributed by atoms with E-state index in [1.54, 1.807) is 42.5 Å². The normalized spacial score (nSPS) is 10.4. The second-order valence-electron chi connectivity index (χ2n) is 6.37. The molecule has 150 valence electrons. The first-order valence-electron chi connectivity index (χ1n) is 9.33. The molecule has 0 heterocycles. The van der Waals surface area contributed by atoms with Gasteiger partial charge in [-0.2, -0.15) is 0 Å². The topological polar surface area (TPSA) is 61.4 Å². The lowest BCUT2D eigenvalue weighted by Gasteiger charge is -2.21. The third-order valence-electron chi connectivity index (χ3n) is 4.08. The van der Waals surface area contributed by atoms with E-state index in [0.29, 0.717) is 27.0 Å². The van der Waals surface area contributed by atoms with Gasteiger partial charge in [-0.15, -0.1) is 0 Å². The molecule has 0 aromatic heterocycles. The van der Waals surface area contributed by atoms with Gasteiger partial charge in [0.05, 0.1) is 22.3 Å². The Morgan fingerprint density at radius 3 is 2.21 bits per heavy atom. The molecule has 28 heavy (non-hydrogen) atoms. The number of amides is 2. The summed E-state index contributed by atoms with van der Waals surface area (Å²) in [7, 11) is 0. The summed E-state index contributed by atoms with van der Waals surface area (Å²) in [5, 5.41) is 6.55. The van der Waals surface area contributed by atoms with Crippen molar-refractivity contribution in [1.29, 1.82) is 0 Å². The molecule has 2 rings (SSSR count). The highest BCUT2D eigenvalue weighted by molar-refractivity contribution is 6.43. The third-order valence-corrected chi connectivity index (χ3v) is 4.90. The summed E-state index contributed by atoms with van der Waals surface area (Å²) < 4.78 is 0. The van der Waals surface area contributed by atoms with E-state index in [0.717, 1.165) is 25.9 Å². The van der Waals surface area contributed by atoms with Crippen molar-refractivity contribution in [3.63, 3.8) is 0 Å². The molecule has 5 nitrogen and oxygen atoms in total. The Labute approximate surface area is 176 Å². The van der Waals surface area contributed by atoms with Gasteiger partial charge in [-0.05, 0) is 49.2 Å². The van der Waals surface area contributed by atoms with Crippen LogP contribution in [0.1, 0.15) is 37.0 Å². The maximum Gasteiger partial charge on any atom is 0.253 e. The SMILES string of the molecule is CCCN(CCC)C(=O)c1ccc(NC(=O)CNc2cccc(Cl)c2Cl)cc1. The molecule has 0 aliphatic carbocycles. The molecule has 0 bridgehead atoms. The van der Waals surface area contributed by atoms with Gasteiger partial charge in [0.2, 0.25) is 5.91 Å². The molecule has 0 radical (unpaired) electrons. The van der Waals surface area contributed by atoms with Crippen LogP contribution in [0.3, 0.4) is 0 Å². The molecule has 0 saturated heterocycles. The molecule has 0 unspecified atom stereocenters. The summed E-state index contributed by atoms with van der Waals surface area (Å²) in [5.74, 6) is -0.215. The molecular weight excluding hydrogens is 397 g/mol. The molecule has 2 N–H and O–H groups in total. The summed E-state index contributed by atoms with van der Waals surface area (Å²) in [4.78, 5) is 26.6. The molecule has 0 atom stereocenters. The number of hydrogen-bond donors (Lipinski definition) is 2. The average molecular weight is 422 g/mol. The van der Waals surface area contributed by atoms with Crippen molar-refractivity contribution >= 4 is 46.4 Å². The largest absolute Gasteiger partial charge is 0.375 e. The van der Waals surface area contributed by atoms with Crippen molar-refractivity contribution in [2.24, 2.45) is 0 Å². The van der Waals surface area contributed by atoms with Crippen LogP contribution < -0.4 is 10.6 Å². The van der Waals surface area contributed by atoms with E-state index < -0.39 is 0 Å². The molecule has 2 aromatic carbocycles. The van der Waals surface area contributed by atoms with Gasteiger partial charge in [-0.25, -0.2) is 0 Å². The maximum absolute atomic E-state index is 12.6. The molecule has 0 fully saturated rings. The number of carbonyl (C=O) groups is 2. The number of nitrogens with zero attached hydrogens (tertiary/aromatic N) is 1. The number of anilines is 2. The Morgan fingerprint density at radius 1 is 0.964 bits per heavy atom. The van der Waals surface area contributed by atoms with Crippen LogP contribution in [0.2, 0.25) is 10.0 Å². The zero-order chi connectivity index (χ0) is 20.5. The Morgan fingerprint density at radius 2 is 1.61 bits per heavy atom. The third kappa shape index (κ3) is 6.14. The van der Waals surface area contributed by atoms with Gasteiger partial charge >= 0.3 is 0 Å². The van der Waals surface area contributed by atoms with Crippen LogP contribution in [-0.2, 0) is 4.79 Å². The second-order valence-corrected chi connectivity index (χ2v) is 7.16. The van der Waals surface area contributed by atoms with E-state index in [1.807, 2.05) is 4.90 Å². The number of carbonyl (C=O) groups excluding carboxylic acids is 2. The lowest BCUT2D eigenvalue weighted by molar-refractivity contribution is -0.114. The molecule has 0 aliphatic heterocycles. The maximum atomic E-state index is 12.6. The Balaban J connectivity index is 1.93. The summed E-state index contributed by atoms with van der Waals surface area (Å²) in [6, 6.07) is 12.1. The minimum atomic E-state index is -0.228. The van der Waals surface area contributed by atoms with Crippen LogP contribution in [0.4, 0.5) is 11.4 Å². The van der Waals surface area contributed by atoms with Gasteiger partial charge < -0.3 is 15.5 Å². The number of benzene rings is 2. The van der Waals surface area contributed by atoms with Crippen molar-refractivity contribution in [2.75, 3.05) is 30.3 Å². The van der Waals surface area contributed by atoms with Gasteiger partial charge in [-0.3, -0.25) is 9.59 Å². The quantitative estimate of drug-likeness (QED) is 0.576. The van der Waals surface area contributed by atoms with Crippen molar-refractivity contribution in [3.8, 4) is 0 Å². The van der Waals surface area contributed by atoms with Crippen molar-refractivity contribution < 1.29 is 9.59 Å². The van der Waals surface area contributed by atoms with E-state index in [9.17, 15) is 9.59 Å². The van der Waals surface area contributed by atoms with Gasteiger partial charge in [0, 0.05) is 24.3 Å². The first kappa shape index (κ1) is 22.1. The average Bonchev–Trinajstić information content (AvgIpc) is 2.69.